The van der Waals surface area contributed by atoms with E-state index < -0.39 is 43.4 Å². The van der Waals surface area contributed by atoms with Crippen molar-refractivity contribution in [2.24, 2.45) is 11.8 Å². The molecule has 4 N–H and O–H groups in total. The van der Waals surface area contributed by atoms with E-state index in [2.05, 4.69) is 0 Å². The first-order valence-electron chi connectivity index (χ1n) is 10.2. The first-order chi connectivity index (χ1) is 13.7. The molecule has 2 heterocycles. The lowest BCUT2D eigenvalue weighted by Crippen LogP contribution is -2.60. The van der Waals surface area contributed by atoms with E-state index in [0.29, 0.717) is 19.3 Å². The third kappa shape index (κ3) is 4.73. The molecule has 8 nitrogen and oxygen atoms in total. The second-order valence-corrected chi connectivity index (χ2v) is 8.42. The normalized spacial score (nSPS) is 43.8. The standard InChI is InChI=1S/C21H32O8/c1-10-4-7-14(27-19-16(9-22)29-21(26)18(24)17(19)23)11(2)5-6-13-12(3)20(25)28-15(13)8-10/h4-5,12-19,21-24,26H,6-9H2,1-3H3. The minimum absolute atomic E-state index is 0.0883. The molecule has 8 heteroatoms. The highest BCUT2D eigenvalue weighted by atomic mass is 16.7. The van der Waals surface area contributed by atoms with Gasteiger partial charge in [0.05, 0.1) is 18.6 Å². The van der Waals surface area contributed by atoms with Crippen LogP contribution in [0.3, 0.4) is 0 Å². The average Bonchev–Trinajstić information content (AvgIpc) is 2.95. The van der Waals surface area contributed by atoms with Crippen LogP contribution < -0.4 is 0 Å². The molecular weight excluding hydrogens is 380 g/mol. The first-order valence-corrected chi connectivity index (χ1v) is 10.2. The molecule has 0 aromatic rings. The van der Waals surface area contributed by atoms with E-state index in [1.54, 1.807) is 0 Å². The van der Waals surface area contributed by atoms with Crippen molar-refractivity contribution in [2.45, 2.75) is 82.9 Å². The molecule has 2 aliphatic heterocycles. The molecule has 0 amide bonds. The van der Waals surface area contributed by atoms with Gasteiger partial charge in [-0.15, -0.1) is 0 Å². The van der Waals surface area contributed by atoms with Gasteiger partial charge in [-0.2, -0.15) is 0 Å². The van der Waals surface area contributed by atoms with Crippen molar-refractivity contribution in [2.75, 3.05) is 6.61 Å². The second kappa shape index (κ2) is 9.24. The molecule has 0 saturated carbocycles. The first kappa shape index (κ1) is 22.4. The highest BCUT2D eigenvalue weighted by Gasteiger charge is 2.46. The van der Waals surface area contributed by atoms with E-state index in [0.717, 1.165) is 11.1 Å². The molecular formula is C21H32O8. The average molecular weight is 412 g/mol. The molecule has 0 aromatic heterocycles. The summed E-state index contributed by atoms with van der Waals surface area (Å²) in [6.45, 7) is 5.34. The Balaban J connectivity index is 1.80. The minimum atomic E-state index is -1.58. The Hall–Kier alpha value is -1.29. The van der Waals surface area contributed by atoms with E-state index in [1.165, 1.54) is 0 Å². The molecule has 0 radical (unpaired) electrons. The Labute approximate surface area is 170 Å². The smallest absolute Gasteiger partial charge is 0.309 e. The molecule has 164 valence electrons. The Kier molecular flexibility index (Phi) is 7.14. The van der Waals surface area contributed by atoms with Crippen LogP contribution in [0.25, 0.3) is 0 Å². The van der Waals surface area contributed by atoms with E-state index in [1.807, 2.05) is 32.9 Å². The van der Waals surface area contributed by atoms with E-state index in [4.69, 9.17) is 14.2 Å². The van der Waals surface area contributed by atoms with Crippen LogP contribution in [0.2, 0.25) is 0 Å². The molecule has 0 spiro atoms. The topological polar surface area (TPSA) is 126 Å². The molecule has 29 heavy (non-hydrogen) atoms. The number of esters is 1. The van der Waals surface area contributed by atoms with Gasteiger partial charge in [0, 0.05) is 12.3 Å². The van der Waals surface area contributed by atoms with Gasteiger partial charge in [-0.1, -0.05) is 24.6 Å². The third-order valence-electron chi connectivity index (χ3n) is 6.34. The summed E-state index contributed by atoms with van der Waals surface area (Å²) in [5.74, 6) is -0.239. The Morgan fingerprint density at radius 2 is 1.86 bits per heavy atom. The summed E-state index contributed by atoms with van der Waals surface area (Å²) in [4.78, 5) is 12.0. The molecule has 2 saturated heterocycles. The fourth-order valence-electron chi connectivity index (χ4n) is 4.33. The zero-order valence-corrected chi connectivity index (χ0v) is 17.1. The van der Waals surface area contributed by atoms with Gasteiger partial charge in [0.2, 0.25) is 0 Å². The Morgan fingerprint density at radius 3 is 2.55 bits per heavy atom. The van der Waals surface area contributed by atoms with E-state index >= 15 is 0 Å². The largest absolute Gasteiger partial charge is 0.461 e. The summed E-state index contributed by atoms with van der Waals surface area (Å²) in [5, 5.41) is 39.6. The molecule has 9 atom stereocenters. The monoisotopic (exact) mass is 412 g/mol. The van der Waals surface area contributed by atoms with Crippen LogP contribution >= 0.6 is 0 Å². The van der Waals surface area contributed by atoms with Gasteiger partial charge >= 0.3 is 5.97 Å². The van der Waals surface area contributed by atoms with Crippen molar-refractivity contribution in [3.63, 3.8) is 0 Å². The van der Waals surface area contributed by atoms with Gasteiger partial charge in [-0.3, -0.25) is 4.79 Å². The molecule has 0 aromatic carbocycles. The number of ether oxygens (including phenoxy) is 3. The van der Waals surface area contributed by atoms with Crippen LogP contribution in [0.1, 0.15) is 40.0 Å². The van der Waals surface area contributed by atoms with Gasteiger partial charge in [0.25, 0.3) is 0 Å². The van der Waals surface area contributed by atoms with Crippen molar-refractivity contribution < 1.29 is 39.4 Å². The molecule has 3 rings (SSSR count). The van der Waals surface area contributed by atoms with E-state index in [9.17, 15) is 25.2 Å². The summed E-state index contributed by atoms with van der Waals surface area (Å²) in [6, 6.07) is 0. The van der Waals surface area contributed by atoms with Crippen LogP contribution in [0, 0.1) is 11.8 Å². The van der Waals surface area contributed by atoms with Gasteiger partial charge < -0.3 is 34.6 Å². The Bertz CT molecular complexity index is 657. The third-order valence-corrected chi connectivity index (χ3v) is 6.34. The van der Waals surface area contributed by atoms with Crippen molar-refractivity contribution >= 4 is 5.97 Å². The van der Waals surface area contributed by atoms with Gasteiger partial charge in [0.15, 0.2) is 6.29 Å². The summed E-state index contributed by atoms with van der Waals surface area (Å²) >= 11 is 0. The highest BCUT2D eigenvalue weighted by Crippen LogP contribution is 2.36. The molecule has 3 aliphatic rings. The lowest BCUT2D eigenvalue weighted by Gasteiger charge is -2.41. The van der Waals surface area contributed by atoms with Crippen molar-refractivity contribution in [3.05, 3.63) is 23.3 Å². The van der Waals surface area contributed by atoms with Crippen LogP contribution in [0.4, 0.5) is 0 Å². The number of carbonyl (C=O) groups excluding carboxylic acids is 1. The lowest BCUT2D eigenvalue weighted by molar-refractivity contribution is -0.298. The van der Waals surface area contributed by atoms with Crippen LogP contribution in [-0.4, -0.2) is 75.9 Å². The fourth-order valence-corrected chi connectivity index (χ4v) is 4.33. The van der Waals surface area contributed by atoms with Crippen molar-refractivity contribution in [1.29, 1.82) is 0 Å². The molecule has 9 unspecified atom stereocenters. The maximum Gasteiger partial charge on any atom is 0.309 e. The highest BCUT2D eigenvalue weighted by molar-refractivity contribution is 5.74. The minimum Gasteiger partial charge on any atom is -0.461 e. The number of allylic oxidation sites excluding steroid dienone is 1. The summed E-state index contributed by atoms with van der Waals surface area (Å²) in [5.41, 5.74) is 2.01. The SMILES string of the molecule is CC1=CCC(OC2C(CO)OC(O)C(O)C2O)C(C)=CCC2C(C1)OC(=O)C2C. The van der Waals surface area contributed by atoms with Crippen molar-refractivity contribution in [1.82, 2.24) is 0 Å². The second-order valence-electron chi connectivity index (χ2n) is 8.42. The number of carbonyl (C=O) groups is 1. The van der Waals surface area contributed by atoms with Crippen LogP contribution in [-0.2, 0) is 19.0 Å². The molecule has 2 fully saturated rings. The van der Waals surface area contributed by atoms with Gasteiger partial charge in [-0.05, 0) is 32.3 Å². The quantitative estimate of drug-likeness (QED) is 0.388. The van der Waals surface area contributed by atoms with Crippen LogP contribution in [0.5, 0.6) is 0 Å². The van der Waals surface area contributed by atoms with E-state index in [-0.39, 0.29) is 23.9 Å². The number of hydrogen-bond acceptors (Lipinski definition) is 8. The lowest BCUT2D eigenvalue weighted by atomic mass is 9.84. The maximum atomic E-state index is 12.0. The number of aliphatic hydroxyl groups excluding tert-OH is 4. The summed E-state index contributed by atoms with van der Waals surface area (Å²) in [7, 11) is 0. The predicted octanol–water partition coefficient (Wildman–Crippen LogP) is 0.426. The summed E-state index contributed by atoms with van der Waals surface area (Å²) in [6.07, 6.45) is -1.06. The summed E-state index contributed by atoms with van der Waals surface area (Å²) < 4.78 is 16.9. The number of hydrogen-bond donors (Lipinski definition) is 4. The number of fused-ring (bicyclic) bond motifs is 1. The van der Waals surface area contributed by atoms with Gasteiger partial charge in [0.1, 0.15) is 30.5 Å². The molecule has 0 bridgehead atoms. The van der Waals surface area contributed by atoms with Crippen molar-refractivity contribution in [3.8, 4) is 0 Å². The number of aliphatic hydroxyl groups is 4. The zero-order valence-electron chi connectivity index (χ0n) is 17.1. The maximum absolute atomic E-state index is 12.0. The number of rotatable bonds is 3. The fraction of sp³-hybridized carbons (Fsp3) is 0.762. The predicted molar refractivity (Wildman–Crippen MR) is 103 cm³/mol. The van der Waals surface area contributed by atoms with Gasteiger partial charge in [-0.25, -0.2) is 0 Å². The molecule has 1 aliphatic carbocycles. The zero-order chi connectivity index (χ0) is 21.3. The van der Waals surface area contributed by atoms with Crippen LogP contribution in [0.15, 0.2) is 23.3 Å². The Morgan fingerprint density at radius 1 is 1.14 bits per heavy atom.